The molecule has 5 heteroatoms. The minimum absolute atomic E-state index is 0.531. The molecule has 0 aromatic carbocycles. The lowest BCUT2D eigenvalue weighted by Gasteiger charge is -2.32. The van der Waals surface area contributed by atoms with Crippen LogP contribution in [0.15, 0.2) is 4.52 Å². The Morgan fingerprint density at radius 1 is 1.38 bits per heavy atom. The normalized spacial score (nSPS) is 19.9. The van der Waals surface area contributed by atoms with E-state index in [0.29, 0.717) is 24.8 Å². The Kier molecular flexibility index (Phi) is 3.56. The van der Waals surface area contributed by atoms with Gasteiger partial charge >= 0.3 is 0 Å². The van der Waals surface area contributed by atoms with Gasteiger partial charge in [0.2, 0.25) is 5.89 Å². The molecule has 1 saturated carbocycles. The van der Waals surface area contributed by atoms with Crippen molar-refractivity contribution in [2.24, 2.45) is 0 Å². The molecule has 0 bridgehead atoms. The van der Waals surface area contributed by atoms with E-state index in [1.54, 1.807) is 6.92 Å². The van der Waals surface area contributed by atoms with E-state index in [1.165, 1.54) is 6.42 Å². The Morgan fingerprint density at radius 2 is 2.12 bits per heavy atom. The van der Waals surface area contributed by atoms with Crippen LogP contribution in [0.4, 0.5) is 0 Å². The summed E-state index contributed by atoms with van der Waals surface area (Å²) in [5.74, 6) is 1.23. The SMILES string of the molecule is Cc1noc(CNCC2(O)CCCCC2)n1. The van der Waals surface area contributed by atoms with Crippen LogP contribution in [-0.2, 0) is 6.54 Å². The van der Waals surface area contributed by atoms with Crippen LogP contribution in [-0.4, -0.2) is 27.4 Å². The molecular formula is C11H19N3O2. The number of nitrogens with zero attached hydrogens (tertiary/aromatic N) is 2. The van der Waals surface area contributed by atoms with Crippen molar-refractivity contribution in [1.82, 2.24) is 15.5 Å². The summed E-state index contributed by atoms with van der Waals surface area (Å²) in [5.41, 5.74) is -0.534. The minimum Gasteiger partial charge on any atom is -0.389 e. The van der Waals surface area contributed by atoms with Crippen LogP contribution in [0, 0.1) is 6.92 Å². The largest absolute Gasteiger partial charge is 0.389 e. The van der Waals surface area contributed by atoms with Gasteiger partial charge in [0.1, 0.15) is 0 Å². The summed E-state index contributed by atoms with van der Waals surface area (Å²) in [7, 11) is 0. The number of aliphatic hydroxyl groups is 1. The molecule has 90 valence electrons. The van der Waals surface area contributed by atoms with Gasteiger partial charge in [-0.15, -0.1) is 0 Å². The Bertz CT molecular complexity index is 332. The van der Waals surface area contributed by atoms with E-state index in [0.717, 1.165) is 25.7 Å². The fraction of sp³-hybridized carbons (Fsp3) is 0.818. The molecule has 2 N–H and O–H groups in total. The van der Waals surface area contributed by atoms with Gasteiger partial charge in [-0.2, -0.15) is 4.98 Å². The van der Waals surface area contributed by atoms with Crippen molar-refractivity contribution >= 4 is 0 Å². The highest BCUT2D eigenvalue weighted by Crippen LogP contribution is 2.27. The van der Waals surface area contributed by atoms with Crippen LogP contribution >= 0.6 is 0 Å². The standard InChI is InChI=1S/C11H19N3O2/c1-9-13-10(16-14-9)7-12-8-11(15)5-3-2-4-6-11/h12,15H,2-8H2,1H3. The number of aryl methyl sites for hydroxylation is 1. The second-order valence-corrected chi connectivity index (χ2v) is 4.62. The van der Waals surface area contributed by atoms with Crippen LogP contribution in [0.25, 0.3) is 0 Å². The average Bonchev–Trinajstić information content (AvgIpc) is 2.65. The molecule has 2 rings (SSSR count). The van der Waals surface area contributed by atoms with Crippen molar-refractivity contribution in [2.45, 2.75) is 51.2 Å². The molecule has 5 nitrogen and oxygen atoms in total. The molecular weight excluding hydrogens is 206 g/mol. The fourth-order valence-corrected chi connectivity index (χ4v) is 2.20. The molecule has 0 radical (unpaired) electrons. The zero-order valence-corrected chi connectivity index (χ0v) is 9.70. The van der Waals surface area contributed by atoms with E-state index in [-0.39, 0.29) is 0 Å². The summed E-state index contributed by atoms with van der Waals surface area (Å²) in [6.45, 7) is 2.93. The lowest BCUT2D eigenvalue weighted by molar-refractivity contribution is 0.00422. The number of nitrogens with one attached hydrogen (secondary N) is 1. The topological polar surface area (TPSA) is 71.2 Å². The third kappa shape index (κ3) is 3.02. The maximum atomic E-state index is 10.2. The first-order valence-corrected chi connectivity index (χ1v) is 5.90. The van der Waals surface area contributed by atoms with Crippen molar-refractivity contribution in [2.75, 3.05) is 6.54 Å². The minimum atomic E-state index is -0.534. The third-order valence-electron chi connectivity index (χ3n) is 3.08. The summed E-state index contributed by atoms with van der Waals surface area (Å²) >= 11 is 0. The van der Waals surface area contributed by atoms with Crippen molar-refractivity contribution in [3.63, 3.8) is 0 Å². The average molecular weight is 225 g/mol. The highest BCUT2D eigenvalue weighted by molar-refractivity contribution is 4.86. The van der Waals surface area contributed by atoms with Crippen LogP contribution in [0.3, 0.4) is 0 Å². The maximum absolute atomic E-state index is 10.2. The molecule has 16 heavy (non-hydrogen) atoms. The Hall–Kier alpha value is -0.940. The van der Waals surface area contributed by atoms with E-state index < -0.39 is 5.60 Å². The first-order valence-electron chi connectivity index (χ1n) is 5.90. The van der Waals surface area contributed by atoms with Gasteiger partial charge < -0.3 is 14.9 Å². The molecule has 1 fully saturated rings. The summed E-state index contributed by atoms with van der Waals surface area (Å²) in [4.78, 5) is 4.09. The van der Waals surface area contributed by atoms with Crippen LogP contribution in [0.5, 0.6) is 0 Å². The number of hydrogen-bond donors (Lipinski definition) is 2. The Balaban J connectivity index is 1.74. The zero-order valence-electron chi connectivity index (χ0n) is 9.70. The van der Waals surface area contributed by atoms with Crippen LogP contribution in [0.2, 0.25) is 0 Å². The molecule has 0 atom stereocenters. The summed E-state index contributed by atoms with van der Waals surface area (Å²) in [5, 5.41) is 17.1. The van der Waals surface area contributed by atoms with Gasteiger partial charge in [0.05, 0.1) is 12.1 Å². The predicted molar refractivity (Wildman–Crippen MR) is 58.8 cm³/mol. The first kappa shape index (κ1) is 11.5. The van der Waals surface area contributed by atoms with Gasteiger partial charge in [0.15, 0.2) is 5.82 Å². The van der Waals surface area contributed by atoms with E-state index in [2.05, 4.69) is 15.5 Å². The highest BCUT2D eigenvalue weighted by atomic mass is 16.5. The molecule has 1 heterocycles. The van der Waals surface area contributed by atoms with E-state index in [9.17, 15) is 5.11 Å². The second kappa shape index (κ2) is 4.93. The monoisotopic (exact) mass is 225 g/mol. The van der Waals surface area contributed by atoms with E-state index in [4.69, 9.17) is 4.52 Å². The molecule has 0 aliphatic heterocycles. The molecule has 0 spiro atoms. The molecule has 0 saturated heterocycles. The van der Waals surface area contributed by atoms with Gasteiger partial charge in [-0.25, -0.2) is 0 Å². The number of aromatic nitrogens is 2. The van der Waals surface area contributed by atoms with Crippen LogP contribution < -0.4 is 5.32 Å². The van der Waals surface area contributed by atoms with Crippen molar-refractivity contribution in [3.05, 3.63) is 11.7 Å². The lowest BCUT2D eigenvalue weighted by atomic mass is 9.85. The predicted octanol–water partition coefficient (Wildman–Crippen LogP) is 1.16. The molecule has 1 aromatic heterocycles. The molecule has 1 aliphatic carbocycles. The summed E-state index contributed by atoms with van der Waals surface area (Å²) in [6.07, 6.45) is 5.27. The fourth-order valence-electron chi connectivity index (χ4n) is 2.20. The van der Waals surface area contributed by atoms with Gasteiger partial charge in [-0.3, -0.25) is 0 Å². The van der Waals surface area contributed by atoms with Gasteiger partial charge in [-0.05, 0) is 19.8 Å². The van der Waals surface area contributed by atoms with Gasteiger partial charge in [0, 0.05) is 6.54 Å². The molecule has 1 aliphatic rings. The quantitative estimate of drug-likeness (QED) is 0.804. The van der Waals surface area contributed by atoms with Gasteiger partial charge in [-0.1, -0.05) is 24.4 Å². The Labute approximate surface area is 95.2 Å². The van der Waals surface area contributed by atoms with Crippen molar-refractivity contribution in [1.29, 1.82) is 0 Å². The number of rotatable bonds is 4. The summed E-state index contributed by atoms with van der Waals surface area (Å²) < 4.78 is 4.98. The number of hydrogen-bond acceptors (Lipinski definition) is 5. The molecule has 0 amide bonds. The third-order valence-corrected chi connectivity index (χ3v) is 3.08. The second-order valence-electron chi connectivity index (χ2n) is 4.62. The van der Waals surface area contributed by atoms with Crippen LogP contribution in [0.1, 0.15) is 43.8 Å². The van der Waals surface area contributed by atoms with Crippen molar-refractivity contribution < 1.29 is 9.63 Å². The zero-order chi connectivity index (χ0) is 11.4. The maximum Gasteiger partial charge on any atom is 0.240 e. The summed E-state index contributed by atoms with van der Waals surface area (Å²) in [6, 6.07) is 0. The first-order chi connectivity index (χ1) is 7.68. The highest BCUT2D eigenvalue weighted by Gasteiger charge is 2.28. The molecule has 0 unspecified atom stereocenters. The smallest absolute Gasteiger partial charge is 0.240 e. The van der Waals surface area contributed by atoms with Crippen molar-refractivity contribution in [3.8, 4) is 0 Å². The molecule has 1 aromatic rings. The lowest BCUT2D eigenvalue weighted by Crippen LogP contribution is -2.41. The van der Waals surface area contributed by atoms with Gasteiger partial charge in [0.25, 0.3) is 0 Å². The Morgan fingerprint density at radius 3 is 2.75 bits per heavy atom. The van der Waals surface area contributed by atoms with E-state index in [1.807, 2.05) is 0 Å². The van der Waals surface area contributed by atoms with E-state index >= 15 is 0 Å².